The highest BCUT2D eigenvalue weighted by Gasteiger charge is 2.51. The predicted octanol–water partition coefficient (Wildman–Crippen LogP) is 5.41. The van der Waals surface area contributed by atoms with Gasteiger partial charge in [-0.05, 0) is 78.9 Å². The molecule has 1 aliphatic heterocycles. The van der Waals surface area contributed by atoms with Crippen LogP contribution in [-0.2, 0) is 10.2 Å². The van der Waals surface area contributed by atoms with Crippen molar-refractivity contribution >= 4 is 29.2 Å². The van der Waals surface area contributed by atoms with Crippen molar-refractivity contribution in [2.24, 2.45) is 0 Å². The maximum absolute atomic E-state index is 13.3. The second-order valence-corrected chi connectivity index (χ2v) is 8.54. The number of carboxylic acid groups (broad SMARTS) is 1. The fourth-order valence-corrected chi connectivity index (χ4v) is 4.29. The van der Waals surface area contributed by atoms with Crippen LogP contribution in [0.5, 0.6) is 11.5 Å². The smallest absolute Gasteiger partial charge is 0.335 e. The molecule has 1 aliphatic carbocycles. The maximum atomic E-state index is 13.3. The number of hydrogen-bond donors (Lipinski definition) is 2. The molecule has 2 N–H and O–H groups in total. The SMILES string of the molecule is Cc1ccc(NC(=O)C2(c3ccc4c(c3)OCO4)CC2)cc1-c1cc(C(=O)O)ccc1Cl. The van der Waals surface area contributed by atoms with E-state index >= 15 is 0 Å². The Bertz CT molecular complexity index is 1270. The molecule has 0 aromatic heterocycles. The number of aryl methyl sites for hydroxylation is 1. The molecule has 7 heteroatoms. The van der Waals surface area contributed by atoms with Crippen LogP contribution < -0.4 is 14.8 Å². The summed E-state index contributed by atoms with van der Waals surface area (Å²) < 4.78 is 10.8. The number of aromatic carboxylic acids is 1. The van der Waals surface area contributed by atoms with Gasteiger partial charge in [0.25, 0.3) is 0 Å². The average Bonchev–Trinajstić information content (AvgIpc) is 3.46. The zero-order chi connectivity index (χ0) is 22.5. The van der Waals surface area contributed by atoms with E-state index in [9.17, 15) is 14.7 Å². The topological polar surface area (TPSA) is 84.9 Å². The summed E-state index contributed by atoms with van der Waals surface area (Å²) in [6.45, 7) is 2.11. The fraction of sp³-hybridized carbons (Fsp3) is 0.200. The van der Waals surface area contributed by atoms with Crippen molar-refractivity contribution in [2.75, 3.05) is 12.1 Å². The molecule has 0 radical (unpaired) electrons. The van der Waals surface area contributed by atoms with Gasteiger partial charge in [0.15, 0.2) is 11.5 Å². The summed E-state index contributed by atoms with van der Waals surface area (Å²) in [6.07, 6.45) is 1.51. The van der Waals surface area contributed by atoms with Crippen LogP contribution in [0.25, 0.3) is 11.1 Å². The number of carbonyl (C=O) groups is 2. The van der Waals surface area contributed by atoms with E-state index in [1.54, 1.807) is 12.1 Å². The second-order valence-electron chi connectivity index (χ2n) is 8.13. The minimum atomic E-state index is -1.02. The molecule has 0 spiro atoms. The van der Waals surface area contributed by atoms with E-state index in [0.29, 0.717) is 27.8 Å². The van der Waals surface area contributed by atoms with Crippen LogP contribution in [0.2, 0.25) is 5.02 Å². The van der Waals surface area contributed by atoms with Crippen molar-refractivity contribution in [3.63, 3.8) is 0 Å². The van der Waals surface area contributed by atoms with Gasteiger partial charge in [0.05, 0.1) is 11.0 Å². The van der Waals surface area contributed by atoms with E-state index in [4.69, 9.17) is 21.1 Å². The first-order valence-corrected chi connectivity index (χ1v) is 10.6. The second kappa shape index (κ2) is 7.57. The number of ether oxygens (including phenoxy) is 2. The van der Waals surface area contributed by atoms with Crippen LogP contribution in [0.3, 0.4) is 0 Å². The largest absolute Gasteiger partial charge is 0.478 e. The Labute approximate surface area is 189 Å². The molecule has 1 fully saturated rings. The molecule has 5 rings (SSSR count). The molecule has 162 valence electrons. The Morgan fingerprint density at radius 1 is 0.969 bits per heavy atom. The number of hydrogen-bond acceptors (Lipinski definition) is 4. The summed E-state index contributed by atoms with van der Waals surface area (Å²) in [5.74, 6) is 0.238. The lowest BCUT2D eigenvalue weighted by Crippen LogP contribution is -2.27. The lowest BCUT2D eigenvalue weighted by molar-refractivity contribution is -0.118. The molecule has 1 saturated carbocycles. The molecule has 1 amide bonds. The fourth-order valence-electron chi connectivity index (χ4n) is 4.07. The minimum absolute atomic E-state index is 0.0865. The van der Waals surface area contributed by atoms with E-state index < -0.39 is 11.4 Å². The number of benzene rings is 3. The Hall–Kier alpha value is -3.51. The van der Waals surface area contributed by atoms with Gasteiger partial charge in [-0.2, -0.15) is 0 Å². The molecule has 6 nitrogen and oxygen atoms in total. The molecule has 0 unspecified atom stereocenters. The van der Waals surface area contributed by atoms with Crippen molar-refractivity contribution < 1.29 is 24.2 Å². The van der Waals surface area contributed by atoms with Gasteiger partial charge in [0, 0.05) is 16.3 Å². The molecule has 1 heterocycles. The number of halogens is 1. The number of carbonyl (C=O) groups excluding carboxylic acids is 1. The van der Waals surface area contributed by atoms with Gasteiger partial charge >= 0.3 is 5.97 Å². The van der Waals surface area contributed by atoms with Crippen molar-refractivity contribution in [3.05, 3.63) is 76.3 Å². The standard InChI is InChI=1S/C25H20ClNO5/c1-14-2-5-17(12-18(14)19-10-15(23(28)29)3-6-20(19)26)27-24(30)25(8-9-25)16-4-7-21-22(11-16)32-13-31-21/h2-7,10-12H,8-9,13H2,1H3,(H,27,30)(H,28,29). The number of nitrogens with one attached hydrogen (secondary N) is 1. The zero-order valence-corrected chi connectivity index (χ0v) is 18.0. The Morgan fingerprint density at radius 2 is 1.75 bits per heavy atom. The Morgan fingerprint density at radius 3 is 2.50 bits per heavy atom. The van der Waals surface area contributed by atoms with Crippen molar-refractivity contribution in [1.82, 2.24) is 0 Å². The lowest BCUT2D eigenvalue weighted by Gasteiger charge is -2.18. The number of fused-ring (bicyclic) bond motifs is 1. The Kier molecular flexibility index (Phi) is 4.82. The number of carboxylic acids is 1. The van der Waals surface area contributed by atoms with Crippen LogP contribution in [-0.4, -0.2) is 23.8 Å². The highest BCUT2D eigenvalue weighted by molar-refractivity contribution is 6.33. The summed E-state index contributed by atoms with van der Waals surface area (Å²) in [5, 5.41) is 12.8. The predicted molar refractivity (Wildman–Crippen MR) is 121 cm³/mol. The van der Waals surface area contributed by atoms with E-state index in [2.05, 4.69) is 5.32 Å². The third kappa shape index (κ3) is 3.46. The van der Waals surface area contributed by atoms with Crippen LogP contribution in [0.1, 0.15) is 34.3 Å². The summed E-state index contributed by atoms with van der Waals surface area (Å²) >= 11 is 6.37. The molecule has 0 saturated heterocycles. The zero-order valence-electron chi connectivity index (χ0n) is 17.3. The molecular formula is C25H20ClNO5. The third-order valence-electron chi connectivity index (χ3n) is 6.11. The van der Waals surface area contributed by atoms with E-state index in [1.165, 1.54) is 6.07 Å². The van der Waals surface area contributed by atoms with Gasteiger partial charge in [-0.15, -0.1) is 0 Å². The van der Waals surface area contributed by atoms with E-state index in [1.807, 2.05) is 43.3 Å². The molecule has 32 heavy (non-hydrogen) atoms. The van der Waals surface area contributed by atoms with Gasteiger partial charge in [-0.3, -0.25) is 4.79 Å². The molecule has 2 aliphatic rings. The van der Waals surface area contributed by atoms with E-state index in [0.717, 1.165) is 29.5 Å². The molecule has 0 atom stereocenters. The highest BCUT2D eigenvalue weighted by Crippen LogP contribution is 2.51. The molecule has 3 aromatic carbocycles. The molecule has 0 bridgehead atoms. The van der Waals surface area contributed by atoms with Gasteiger partial charge < -0.3 is 19.9 Å². The summed E-state index contributed by atoms with van der Waals surface area (Å²) in [7, 11) is 0. The first kappa shape index (κ1) is 20.4. The average molecular weight is 450 g/mol. The van der Waals surface area contributed by atoms with Gasteiger partial charge in [0.2, 0.25) is 12.7 Å². The Balaban J connectivity index is 1.44. The normalized spacial score (nSPS) is 15.3. The summed E-state index contributed by atoms with van der Waals surface area (Å²) in [5.41, 5.74) is 3.39. The molecular weight excluding hydrogens is 430 g/mol. The number of amides is 1. The van der Waals surface area contributed by atoms with Crippen LogP contribution in [0.15, 0.2) is 54.6 Å². The minimum Gasteiger partial charge on any atom is -0.478 e. The summed E-state index contributed by atoms with van der Waals surface area (Å²) in [4.78, 5) is 24.7. The first-order valence-electron chi connectivity index (χ1n) is 10.2. The van der Waals surface area contributed by atoms with Gasteiger partial charge in [-0.25, -0.2) is 4.79 Å². The monoisotopic (exact) mass is 449 g/mol. The maximum Gasteiger partial charge on any atom is 0.335 e. The number of anilines is 1. The first-order chi connectivity index (χ1) is 15.4. The van der Waals surface area contributed by atoms with Crippen molar-refractivity contribution in [2.45, 2.75) is 25.2 Å². The summed E-state index contributed by atoms with van der Waals surface area (Å²) in [6, 6.07) is 15.8. The van der Waals surface area contributed by atoms with Crippen molar-refractivity contribution in [3.8, 4) is 22.6 Å². The highest BCUT2D eigenvalue weighted by atomic mass is 35.5. The van der Waals surface area contributed by atoms with Crippen LogP contribution in [0.4, 0.5) is 5.69 Å². The van der Waals surface area contributed by atoms with Crippen LogP contribution >= 0.6 is 11.6 Å². The molecule has 3 aromatic rings. The number of rotatable bonds is 5. The van der Waals surface area contributed by atoms with Gasteiger partial charge in [0.1, 0.15) is 0 Å². The van der Waals surface area contributed by atoms with Gasteiger partial charge in [-0.1, -0.05) is 23.7 Å². The van der Waals surface area contributed by atoms with Crippen LogP contribution in [0, 0.1) is 6.92 Å². The lowest BCUT2D eigenvalue weighted by atomic mass is 9.94. The quantitative estimate of drug-likeness (QED) is 0.543. The third-order valence-corrected chi connectivity index (χ3v) is 6.44. The van der Waals surface area contributed by atoms with E-state index in [-0.39, 0.29) is 18.3 Å². The van der Waals surface area contributed by atoms with Crippen molar-refractivity contribution in [1.29, 1.82) is 0 Å².